The van der Waals surface area contributed by atoms with E-state index >= 15 is 0 Å². The highest BCUT2D eigenvalue weighted by molar-refractivity contribution is 6.05. The molecule has 0 aliphatic heterocycles. The van der Waals surface area contributed by atoms with Crippen LogP contribution in [-0.4, -0.2) is 54.1 Å². The van der Waals surface area contributed by atoms with E-state index in [0.29, 0.717) is 18.4 Å². The van der Waals surface area contributed by atoms with Gasteiger partial charge in [-0.15, -0.1) is 0 Å². The number of hydrogen-bond donors (Lipinski definition) is 0. The fraction of sp³-hybridized carbons (Fsp3) is 0.750. The molecule has 0 amide bonds. The van der Waals surface area contributed by atoms with Crippen molar-refractivity contribution >= 4 is 29.7 Å². The van der Waals surface area contributed by atoms with Crippen molar-refractivity contribution in [3.63, 3.8) is 0 Å². The van der Waals surface area contributed by atoms with Gasteiger partial charge in [0.15, 0.2) is 5.78 Å². The molecular weight excluding hydrogens is 480 g/mol. The lowest BCUT2D eigenvalue weighted by molar-refractivity contribution is -0.240. The number of esters is 4. The molecule has 10 atom stereocenters. The molecule has 5 fully saturated rings. The molecule has 2 spiro atoms. The molecule has 0 N–H and O–H groups in total. The summed E-state index contributed by atoms with van der Waals surface area (Å²) < 4.78 is 24.0. The fourth-order valence-corrected chi connectivity index (χ4v) is 9.63. The third-order valence-corrected chi connectivity index (χ3v) is 10.2. The van der Waals surface area contributed by atoms with Crippen molar-refractivity contribution in [1.82, 2.24) is 0 Å². The van der Waals surface area contributed by atoms with E-state index in [2.05, 4.69) is 20.4 Å². The Kier molecular flexibility index (Phi) is 5.70. The van der Waals surface area contributed by atoms with Crippen LogP contribution in [0.1, 0.15) is 67.2 Å². The monoisotopic (exact) mass is 516 g/mol. The van der Waals surface area contributed by atoms with Crippen LogP contribution in [0.15, 0.2) is 12.2 Å². The maximum Gasteiger partial charge on any atom is 0.302 e. The second-order valence-electron chi connectivity index (χ2n) is 12.3. The van der Waals surface area contributed by atoms with Gasteiger partial charge in [-0.05, 0) is 42.6 Å². The zero-order valence-electron chi connectivity index (χ0n) is 22.3. The highest BCUT2D eigenvalue weighted by atomic mass is 16.6. The molecule has 0 aromatic carbocycles. The number of Topliss-reactive ketones (excluding diaryl/α,β-unsaturated/α-hetero) is 1. The van der Waals surface area contributed by atoms with Crippen molar-refractivity contribution in [2.75, 3.05) is 0 Å². The first kappa shape index (κ1) is 25.9. The Morgan fingerprint density at radius 1 is 0.838 bits per heavy atom. The Labute approximate surface area is 216 Å². The molecule has 5 rings (SSSR count). The standard InChI is InChI=1S/C28H36O9/c1-12-17-10-19(34-13(2)29)22-27(23(12)33,24(17)36-15(4)31)18-11-20-26(6,7)9-8-21(35-14(3)30)28(20,22)25(18)37-16(5)32/h17-22,24-25H,1,8-11H2,2-7H3/t17-,18+,19-,20+,21+,22-,24+,25+,27+,28+/m0/s1. The molecule has 0 heterocycles. The van der Waals surface area contributed by atoms with Crippen molar-refractivity contribution in [2.24, 2.45) is 39.9 Å². The van der Waals surface area contributed by atoms with Crippen molar-refractivity contribution < 1.29 is 42.9 Å². The second kappa shape index (κ2) is 8.14. The topological polar surface area (TPSA) is 122 Å². The van der Waals surface area contributed by atoms with Crippen molar-refractivity contribution in [1.29, 1.82) is 0 Å². The SMILES string of the molecule is C=C1C(=O)[C@@]23[C@@H]4C[C@@H]5C(C)(C)CC[C@@H](OC(C)=O)[C@@]5([C@@H]4OC(C)=O)[C@H]2[C@@H](OC(C)=O)C[C@@H]1[C@H]3OC(C)=O. The molecule has 0 aromatic rings. The molecule has 9 heteroatoms. The first-order valence-corrected chi connectivity index (χ1v) is 13.1. The van der Waals surface area contributed by atoms with Gasteiger partial charge in [-0.3, -0.25) is 24.0 Å². The summed E-state index contributed by atoms with van der Waals surface area (Å²) in [6.45, 7) is 13.7. The zero-order chi connectivity index (χ0) is 27.2. The Morgan fingerprint density at radius 2 is 1.41 bits per heavy atom. The van der Waals surface area contributed by atoms with E-state index in [-0.39, 0.29) is 23.5 Å². The van der Waals surface area contributed by atoms with Gasteiger partial charge in [-0.1, -0.05) is 20.4 Å². The van der Waals surface area contributed by atoms with E-state index in [1.54, 1.807) is 0 Å². The highest BCUT2D eigenvalue weighted by Gasteiger charge is 2.89. The summed E-state index contributed by atoms with van der Waals surface area (Å²) in [4.78, 5) is 64.0. The van der Waals surface area contributed by atoms with Crippen molar-refractivity contribution in [3.8, 4) is 0 Å². The third-order valence-electron chi connectivity index (χ3n) is 10.2. The Balaban J connectivity index is 1.83. The lowest BCUT2D eigenvalue weighted by atomic mass is 9.44. The number of ketones is 1. The predicted octanol–water partition coefficient (Wildman–Crippen LogP) is 2.93. The summed E-state index contributed by atoms with van der Waals surface area (Å²) in [7, 11) is 0. The smallest absolute Gasteiger partial charge is 0.302 e. The maximum atomic E-state index is 14.3. The number of fused-ring (bicyclic) bond motifs is 2. The average Bonchev–Trinajstić information content (AvgIpc) is 3.26. The number of carbonyl (C=O) groups excluding carboxylic acids is 5. The van der Waals surface area contributed by atoms with Gasteiger partial charge in [-0.2, -0.15) is 0 Å². The summed E-state index contributed by atoms with van der Waals surface area (Å²) in [5.41, 5.74) is -2.20. The van der Waals surface area contributed by atoms with Crippen LogP contribution < -0.4 is 0 Å². The molecular formula is C28H36O9. The summed E-state index contributed by atoms with van der Waals surface area (Å²) in [6.07, 6.45) is -0.964. The number of carbonyl (C=O) groups is 5. The van der Waals surface area contributed by atoms with Gasteiger partial charge in [0, 0.05) is 45.4 Å². The van der Waals surface area contributed by atoms with Crippen LogP contribution in [-0.2, 0) is 42.9 Å². The van der Waals surface area contributed by atoms with Crippen LogP contribution >= 0.6 is 0 Å². The van der Waals surface area contributed by atoms with E-state index in [0.717, 1.165) is 6.42 Å². The van der Waals surface area contributed by atoms with Gasteiger partial charge >= 0.3 is 23.9 Å². The highest BCUT2D eigenvalue weighted by Crippen LogP contribution is 2.82. The van der Waals surface area contributed by atoms with Gasteiger partial charge < -0.3 is 18.9 Å². The molecule has 0 unspecified atom stereocenters. The lowest BCUT2D eigenvalue weighted by Crippen LogP contribution is -2.67. The van der Waals surface area contributed by atoms with Crippen LogP contribution in [0.2, 0.25) is 0 Å². The normalized spacial score (nSPS) is 44.5. The van der Waals surface area contributed by atoms with Crippen LogP contribution in [0.4, 0.5) is 0 Å². The van der Waals surface area contributed by atoms with Crippen LogP contribution in [0, 0.1) is 39.9 Å². The minimum absolute atomic E-state index is 0.0997. The van der Waals surface area contributed by atoms with Crippen molar-refractivity contribution in [3.05, 3.63) is 12.2 Å². The average molecular weight is 517 g/mol. The van der Waals surface area contributed by atoms with Gasteiger partial charge in [0.25, 0.3) is 0 Å². The Hall–Kier alpha value is -2.71. The van der Waals surface area contributed by atoms with E-state index in [9.17, 15) is 24.0 Å². The third kappa shape index (κ3) is 3.18. The summed E-state index contributed by atoms with van der Waals surface area (Å²) in [6, 6.07) is 0. The minimum atomic E-state index is -1.30. The minimum Gasteiger partial charge on any atom is -0.462 e. The molecule has 37 heavy (non-hydrogen) atoms. The summed E-state index contributed by atoms with van der Waals surface area (Å²) in [5, 5.41) is 0. The molecule has 0 radical (unpaired) electrons. The first-order chi connectivity index (χ1) is 17.2. The lowest BCUT2D eigenvalue weighted by Gasteiger charge is -2.61. The number of rotatable bonds is 4. The molecule has 5 aliphatic carbocycles. The van der Waals surface area contributed by atoms with E-state index in [1.807, 2.05) is 0 Å². The zero-order valence-corrected chi connectivity index (χ0v) is 22.3. The molecule has 0 aromatic heterocycles. The van der Waals surface area contributed by atoms with E-state index < -0.39 is 76.9 Å². The Bertz CT molecular complexity index is 1110. The quantitative estimate of drug-likeness (QED) is 0.315. The van der Waals surface area contributed by atoms with Crippen LogP contribution in [0.5, 0.6) is 0 Å². The van der Waals surface area contributed by atoms with Gasteiger partial charge in [0.2, 0.25) is 0 Å². The predicted molar refractivity (Wildman–Crippen MR) is 127 cm³/mol. The largest absolute Gasteiger partial charge is 0.462 e. The van der Waals surface area contributed by atoms with E-state index in [1.165, 1.54) is 27.7 Å². The number of hydrogen-bond acceptors (Lipinski definition) is 9. The number of ether oxygens (including phenoxy) is 4. The van der Waals surface area contributed by atoms with Gasteiger partial charge in [0.05, 0.1) is 10.8 Å². The van der Waals surface area contributed by atoms with Crippen molar-refractivity contribution in [2.45, 2.75) is 91.6 Å². The maximum absolute atomic E-state index is 14.3. The molecule has 4 bridgehead atoms. The summed E-state index contributed by atoms with van der Waals surface area (Å²) in [5.74, 6) is -4.06. The molecule has 9 nitrogen and oxygen atoms in total. The van der Waals surface area contributed by atoms with Crippen LogP contribution in [0.3, 0.4) is 0 Å². The van der Waals surface area contributed by atoms with E-state index in [4.69, 9.17) is 18.9 Å². The second-order valence-corrected chi connectivity index (χ2v) is 12.3. The summed E-state index contributed by atoms with van der Waals surface area (Å²) >= 11 is 0. The van der Waals surface area contributed by atoms with Gasteiger partial charge in [0.1, 0.15) is 24.4 Å². The Morgan fingerprint density at radius 3 is 1.97 bits per heavy atom. The molecule has 5 aliphatic rings. The van der Waals surface area contributed by atoms with Gasteiger partial charge in [-0.25, -0.2) is 0 Å². The molecule has 202 valence electrons. The fourth-order valence-electron chi connectivity index (χ4n) is 9.63. The molecule has 5 saturated carbocycles. The van der Waals surface area contributed by atoms with Crippen LogP contribution in [0.25, 0.3) is 0 Å². The molecule has 0 saturated heterocycles. The first-order valence-electron chi connectivity index (χ1n) is 13.1.